The summed E-state index contributed by atoms with van der Waals surface area (Å²) < 4.78 is 7.42. The van der Waals surface area contributed by atoms with Crippen molar-refractivity contribution in [1.29, 1.82) is 0 Å². The molecule has 0 radical (unpaired) electrons. The predicted molar refractivity (Wildman–Crippen MR) is 75.8 cm³/mol. The molecule has 1 aromatic heterocycles. The van der Waals surface area contributed by atoms with Crippen molar-refractivity contribution in [2.75, 3.05) is 6.61 Å². The van der Waals surface area contributed by atoms with Crippen molar-refractivity contribution >= 4 is 5.78 Å². The smallest absolute Gasteiger partial charge is 0.201 e. The maximum atomic E-state index is 11.9. The van der Waals surface area contributed by atoms with E-state index >= 15 is 0 Å². The molecule has 0 amide bonds. The Kier molecular flexibility index (Phi) is 4.05. The molecule has 0 atom stereocenters. The van der Waals surface area contributed by atoms with Crippen LogP contribution in [0.15, 0.2) is 42.7 Å². The van der Waals surface area contributed by atoms with Crippen LogP contribution in [0.2, 0.25) is 0 Å². The number of aryl methyl sites for hydroxylation is 1. The van der Waals surface area contributed by atoms with Crippen molar-refractivity contribution in [2.24, 2.45) is 7.05 Å². The average Bonchev–Trinajstić information content (AvgIpc) is 2.83. The molecule has 0 unspecified atom stereocenters. The first-order valence-corrected chi connectivity index (χ1v) is 6.44. The second kappa shape index (κ2) is 5.74. The van der Waals surface area contributed by atoms with E-state index in [1.54, 1.807) is 12.3 Å². The third kappa shape index (κ3) is 3.47. The molecule has 0 N–H and O–H groups in total. The summed E-state index contributed by atoms with van der Waals surface area (Å²) in [6.07, 6.45) is 3.66. The molecule has 0 aliphatic rings. The van der Waals surface area contributed by atoms with Gasteiger partial charge in [-0.3, -0.25) is 4.79 Å². The van der Waals surface area contributed by atoms with Gasteiger partial charge in [-0.1, -0.05) is 26.0 Å². The van der Waals surface area contributed by atoms with E-state index in [-0.39, 0.29) is 12.4 Å². The minimum atomic E-state index is -0.00412. The van der Waals surface area contributed by atoms with E-state index in [1.807, 2.05) is 36.0 Å². The maximum Gasteiger partial charge on any atom is 0.201 e. The van der Waals surface area contributed by atoms with Crippen LogP contribution in [-0.4, -0.2) is 17.0 Å². The van der Waals surface area contributed by atoms with E-state index in [9.17, 15) is 4.79 Å². The standard InChI is InChI=1S/C16H19NO2/c1-12(2)13-5-4-6-15(9-13)19-11-16(18)14-7-8-17(3)10-14/h4-10,12H,11H2,1-3H3. The van der Waals surface area contributed by atoms with Gasteiger partial charge in [0.25, 0.3) is 0 Å². The van der Waals surface area contributed by atoms with Crippen molar-refractivity contribution in [3.8, 4) is 5.75 Å². The highest BCUT2D eigenvalue weighted by atomic mass is 16.5. The molecule has 0 bridgehead atoms. The third-order valence-corrected chi connectivity index (χ3v) is 3.05. The van der Waals surface area contributed by atoms with Crippen molar-refractivity contribution in [2.45, 2.75) is 19.8 Å². The minimum absolute atomic E-state index is 0.00412. The van der Waals surface area contributed by atoms with Gasteiger partial charge in [-0.15, -0.1) is 0 Å². The van der Waals surface area contributed by atoms with Crippen LogP contribution in [0.5, 0.6) is 5.75 Å². The van der Waals surface area contributed by atoms with Gasteiger partial charge >= 0.3 is 0 Å². The Labute approximate surface area is 113 Å². The Morgan fingerprint density at radius 2 is 2.11 bits per heavy atom. The van der Waals surface area contributed by atoms with Crippen molar-refractivity contribution < 1.29 is 9.53 Å². The quantitative estimate of drug-likeness (QED) is 0.769. The molecule has 3 nitrogen and oxygen atoms in total. The molecule has 100 valence electrons. The lowest BCUT2D eigenvalue weighted by atomic mass is 10.0. The number of carbonyl (C=O) groups excluding carboxylic acids is 1. The van der Waals surface area contributed by atoms with Gasteiger partial charge < -0.3 is 9.30 Å². The minimum Gasteiger partial charge on any atom is -0.485 e. The largest absolute Gasteiger partial charge is 0.485 e. The number of aromatic nitrogens is 1. The van der Waals surface area contributed by atoms with E-state index in [0.29, 0.717) is 11.5 Å². The summed E-state index contributed by atoms with van der Waals surface area (Å²) in [7, 11) is 1.89. The van der Waals surface area contributed by atoms with Crippen LogP contribution in [0.25, 0.3) is 0 Å². The van der Waals surface area contributed by atoms with Crippen LogP contribution in [0.4, 0.5) is 0 Å². The zero-order chi connectivity index (χ0) is 13.8. The van der Waals surface area contributed by atoms with Gasteiger partial charge in [0, 0.05) is 25.0 Å². The first-order chi connectivity index (χ1) is 9.06. The van der Waals surface area contributed by atoms with Crippen LogP contribution in [-0.2, 0) is 7.05 Å². The highest BCUT2D eigenvalue weighted by molar-refractivity contribution is 5.97. The molecule has 0 saturated carbocycles. The number of Topliss-reactive ketones (excluding diaryl/α,β-unsaturated/α-hetero) is 1. The van der Waals surface area contributed by atoms with Crippen LogP contribution in [0.1, 0.15) is 35.7 Å². The lowest BCUT2D eigenvalue weighted by Crippen LogP contribution is -2.11. The molecule has 0 saturated heterocycles. The monoisotopic (exact) mass is 257 g/mol. The second-order valence-electron chi connectivity index (χ2n) is 5.00. The fraction of sp³-hybridized carbons (Fsp3) is 0.312. The molecule has 0 aliphatic carbocycles. The van der Waals surface area contributed by atoms with Crippen molar-refractivity contribution in [1.82, 2.24) is 4.57 Å². The van der Waals surface area contributed by atoms with Crippen LogP contribution in [0.3, 0.4) is 0 Å². The van der Waals surface area contributed by atoms with Gasteiger partial charge in [0.2, 0.25) is 5.78 Å². The van der Waals surface area contributed by atoms with E-state index in [2.05, 4.69) is 19.9 Å². The third-order valence-electron chi connectivity index (χ3n) is 3.05. The Bertz CT molecular complexity index is 570. The summed E-state index contributed by atoms with van der Waals surface area (Å²) in [5, 5.41) is 0. The van der Waals surface area contributed by atoms with Gasteiger partial charge in [0.15, 0.2) is 6.61 Å². The first kappa shape index (κ1) is 13.4. The summed E-state index contributed by atoms with van der Waals surface area (Å²) >= 11 is 0. The molecular formula is C16H19NO2. The average molecular weight is 257 g/mol. The molecule has 0 fully saturated rings. The Balaban J connectivity index is 1.99. The van der Waals surface area contributed by atoms with E-state index in [4.69, 9.17) is 4.74 Å². The molecule has 3 heteroatoms. The lowest BCUT2D eigenvalue weighted by Gasteiger charge is -2.09. The van der Waals surface area contributed by atoms with E-state index in [0.717, 1.165) is 5.75 Å². The van der Waals surface area contributed by atoms with Crippen LogP contribution < -0.4 is 4.74 Å². The zero-order valence-electron chi connectivity index (χ0n) is 11.6. The molecule has 1 heterocycles. The molecule has 2 rings (SSSR count). The summed E-state index contributed by atoms with van der Waals surface area (Å²) in [4.78, 5) is 11.9. The van der Waals surface area contributed by atoms with Crippen LogP contribution >= 0.6 is 0 Å². The number of hydrogen-bond acceptors (Lipinski definition) is 2. The van der Waals surface area contributed by atoms with Gasteiger partial charge in [-0.05, 0) is 29.7 Å². The zero-order valence-corrected chi connectivity index (χ0v) is 11.6. The Morgan fingerprint density at radius 1 is 1.32 bits per heavy atom. The Morgan fingerprint density at radius 3 is 2.74 bits per heavy atom. The highest BCUT2D eigenvalue weighted by Gasteiger charge is 2.08. The van der Waals surface area contributed by atoms with Crippen molar-refractivity contribution in [3.63, 3.8) is 0 Å². The molecule has 1 aromatic carbocycles. The van der Waals surface area contributed by atoms with E-state index < -0.39 is 0 Å². The maximum absolute atomic E-state index is 11.9. The second-order valence-corrected chi connectivity index (χ2v) is 5.00. The number of hydrogen-bond donors (Lipinski definition) is 0. The highest BCUT2D eigenvalue weighted by Crippen LogP contribution is 2.20. The molecule has 19 heavy (non-hydrogen) atoms. The summed E-state index contributed by atoms with van der Waals surface area (Å²) in [5.74, 6) is 1.19. The van der Waals surface area contributed by atoms with Gasteiger partial charge in [-0.25, -0.2) is 0 Å². The predicted octanol–water partition coefficient (Wildman–Crippen LogP) is 3.41. The summed E-state index contributed by atoms with van der Waals surface area (Å²) in [6.45, 7) is 4.34. The molecular weight excluding hydrogens is 238 g/mol. The number of carbonyl (C=O) groups is 1. The van der Waals surface area contributed by atoms with Gasteiger partial charge in [0.1, 0.15) is 5.75 Å². The number of ether oxygens (including phenoxy) is 1. The first-order valence-electron chi connectivity index (χ1n) is 6.44. The number of nitrogens with zero attached hydrogens (tertiary/aromatic N) is 1. The fourth-order valence-corrected chi connectivity index (χ4v) is 1.86. The number of rotatable bonds is 5. The lowest BCUT2D eigenvalue weighted by molar-refractivity contribution is 0.0921. The fourth-order valence-electron chi connectivity index (χ4n) is 1.86. The topological polar surface area (TPSA) is 31.2 Å². The Hall–Kier alpha value is -2.03. The molecule has 0 aliphatic heterocycles. The summed E-state index contributed by atoms with van der Waals surface area (Å²) in [6, 6.07) is 9.69. The van der Waals surface area contributed by atoms with Gasteiger partial charge in [0.05, 0.1) is 0 Å². The number of ketones is 1. The molecule has 2 aromatic rings. The normalized spacial score (nSPS) is 10.7. The number of benzene rings is 1. The van der Waals surface area contributed by atoms with Crippen molar-refractivity contribution in [3.05, 3.63) is 53.9 Å². The SMILES string of the molecule is CC(C)c1cccc(OCC(=O)c2ccn(C)c2)c1. The molecule has 0 spiro atoms. The van der Waals surface area contributed by atoms with E-state index in [1.165, 1.54) is 5.56 Å². The van der Waals surface area contributed by atoms with Crippen LogP contribution in [0, 0.1) is 0 Å². The van der Waals surface area contributed by atoms with Gasteiger partial charge in [-0.2, -0.15) is 0 Å². The summed E-state index contributed by atoms with van der Waals surface area (Å²) in [5.41, 5.74) is 1.90.